The molecule has 0 amide bonds. The normalized spacial score (nSPS) is 0. The molecule has 0 atom stereocenters. The van der Waals surface area contributed by atoms with Gasteiger partial charge >= 0.3 is 17.6 Å². The molecule has 4 heteroatoms. The first-order chi connectivity index (χ1) is 0. The Morgan fingerprint density at radius 1 is 1.00 bits per heavy atom. The maximum atomic E-state index is 0. The van der Waals surface area contributed by atoms with Crippen LogP contribution in [0.3, 0.4) is 0 Å². The SMILES string of the molecule is [GeH4].[Ni].[Pt].[SiH4]. The van der Waals surface area contributed by atoms with E-state index in [0.29, 0.717) is 0 Å². The third-order valence-corrected chi connectivity index (χ3v) is 0. The Kier molecular flexibility index (Phi) is 196. The summed E-state index contributed by atoms with van der Waals surface area (Å²) in [4.78, 5) is 0. The molecule has 36 valence electrons. The van der Waals surface area contributed by atoms with E-state index in [1.54, 1.807) is 0 Å². The topological polar surface area (TPSA) is 0 Å². The van der Waals surface area contributed by atoms with Gasteiger partial charge in [0.1, 0.15) is 0 Å². The standard InChI is InChI=1S/GeH4.Ni.Pt.H4Si/h1H4;;;1H4. The van der Waals surface area contributed by atoms with Crippen LogP contribution in [-0.4, -0.2) is 28.6 Å². The smallest absolute Gasteiger partial charge is 0 e. The van der Waals surface area contributed by atoms with Gasteiger partial charge in [0, 0.05) is 37.6 Å². The molecule has 0 saturated carbocycles. The zero-order valence-corrected chi connectivity index (χ0v) is 3.89. The predicted octanol–water partition coefficient (Wildman–Crippen LogP) is -2.91. The number of rotatable bonds is 0. The van der Waals surface area contributed by atoms with Crippen LogP contribution < -0.4 is 0 Å². The van der Waals surface area contributed by atoms with Crippen molar-refractivity contribution >= 4 is 28.6 Å². The van der Waals surface area contributed by atoms with Gasteiger partial charge in [-0.3, -0.25) is 0 Å². The molecular formula is H8GeNiPtSi. The van der Waals surface area contributed by atoms with Crippen molar-refractivity contribution in [3.63, 3.8) is 0 Å². The summed E-state index contributed by atoms with van der Waals surface area (Å²) in [5.74, 6) is 0. The first kappa shape index (κ1) is 38.5. The van der Waals surface area contributed by atoms with Crippen LogP contribution in [0, 0.1) is 0 Å². The van der Waals surface area contributed by atoms with Crippen molar-refractivity contribution in [1.29, 1.82) is 0 Å². The molecule has 0 aromatic carbocycles. The Hall–Kier alpha value is 1.94. The molecule has 0 aliphatic heterocycles. The first-order valence-electron chi connectivity index (χ1n) is 0. The maximum absolute atomic E-state index is 0. The molecule has 4 heavy (non-hydrogen) atoms. The van der Waals surface area contributed by atoms with E-state index in [-0.39, 0.29) is 66.1 Å². The molecule has 0 fully saturated rings. The Labute approximate surface area is 65.7 Å². The molecule has 0 radical (unpaired) electrons. The number of hydrogen-bond acceptors (Lipinski definition) is 0. The van der Waals surface area contributed by atoms with E-state index in [0.717, 1.165) is 0 Å². The Morgan fingerprint density at radius 2 is 1.00 bits per heavy atom. The quantitative estimate of drug-likeness (QED) is 0.406. The fourth-order valence-electron chi connectivity index (χ4n) is 0. The second-order valence-electron chi connectivity index (χ2n) is 0. The van der Waals surface area contributed by atoms with Crippen LogP contribution >= 0.6 is 0 Å². The zero-order chi connectivity index (χ0) is 0. The van der Waals surface area contributed by atoms with Crippen LogP contribution in [0.4, 0.5) is 0 Å². The van der Waals surface area contributed by atoms with E-state index in [4.69, 9.17) is 0 Å². The van der Waals surface area contributed by atoms with Gasteiger partial charge in [0.05, 0.1) is 0 Å². The first-order valence-corrected chi connectivity index (χ1v) is 0. The van der Waals surface area contributed by atoms with Crippen molar-refractivity contribution in [2.75, 3.05) is 0 Å². The largest absolute Gasteiger partial charge is 0.0149 e. The van der Waals surface area contributed by atoms with Crippen molar-refractivity contribution in [2.24, 2.45) is 0 Å². The van der Waals surface area contributed by atoms with Crippen molar-refractivity contribution < 1.29 is 37.6 Å². The molecule has 0 aliphatic carbocycles. The van der Waals surface area contributed by atoms with E-state index >= 15 is 0 Å². The molecule has 0 saturated heterocycles. The molecule has 0 aliphatic rings. The second kappa shape index (κ2) is 20.4. The summed E-state index contributed by atoms with van der Waals surface area (Å²) in [5, 5.41) is 0. The third kappa shape index (κ3) is 9.05. The van der Waals surface area contributed by atoms with Gasteiger partial charge in [0.2, 0.25) is 0 Å². The fourth-order valence-corrected chi connectivity index (χ4v) is 0. The van der Waals surface area contributed by atoms with E-state index < -0.39 is 0 Å². The molecule has 0 unspecified atom stereocenters. The van der Waals surface area contributed by atoms with Crippen molar-refractivity contribution in [2.45, 2.75) is 0 Å². The molecule has 0 spiro atoms. The van der Waals surface area contributed by atoms with Crippen molar-refractivity contribution in [1.82, 2.24) is 0 Å². The van der Waals surface area contributed by atoms with Crippen LogP contribution in [0.1, 0.15) is 0 Å². The van der Waals surface area contributed by atoms with Crippen molar-refractivity contribution in [3.05, 3.63) is 0 Å². The summed E-state index contributed by atoms with van der Waals surface area (Å²) in [6, 6.07) is 0. The molecule has 0 rings (SSSR count). The maximum Gasteiger partial charge on any atom is 0 e. The summed E-state index contributed by atoms with van der Waals surface area (Å²) >= 11 is 0. The molecule has 0 bridgehead atoms. The van der Waals surface area contributed by atoms with E-state index in [1.807, 2.05) is 0 Å². The number of hydrogen-bond donors (Lipinski definition) is 0. The minimum atomic E-state index is 0. The summed E-state index contributed by atoms with van der Waals surface area (Å²) in [6.45, 7) is 0. The van der Waals surface area contributed by atoms with Crippen LogP contribution in [0.2, 0.25) is 0 Å². The van der Waals surface area contributed by atoms with Gasteiger partial charge in [0.25, 0.3) is 0 Å². The van der Waals surface area contributed by atoms with Gasteiger partial charge in [-0.1, -0.05) is 0 Å². The molecular weight excluding hydrogens is 354 g/mol. The summed E-state index contributed by atoms with van der Waals surface area (Å²) in [6.07, 6.45) is 0. The molecule has 0 nitrogen and oxygen atoms in total. The van der Waals surface area contributed by atoms with Gasteiger partial charge in [0.15, 0.2) is 0 Å². The minimum Gasteiger partial charge on any atom is -0.0149 e. The Balaban J connectivity index is 0. The van der Waals surface area contributed by atoms with Crippen LogP contribution in [0.25, 0.3) is 0 Å². The second-order valence-corrected chi connectivity index (χ2v) is 0. The van der Waals surface area contributed by atoms with Crippen molar-refractivity contribution in [3.8, 4) is 0 Å². The van der Waals surface area contributed by atoms with Crippen LogP contribution in [0.5, 0.6) is 0 Å². The third-order valence-electron chi connectivity index (χ3n) is 0. The van der Waals surface area contributed by atoms with Crippen LogP contribution in [-0.2, 0) is 37.6 Å². The predicted molar refractivity (Wildman–Crippen MR) is 22.7 cm³/mol. The van der Waals surface area contributed by atoms with Gasteiger partial charge < -0.3 is 0 Å². The van der Waals surface area contributed by atoms with Crippen LogP contribution in [0.15, 0.2) is 0 Å². The fraction of sp³-hybridized carbons (Fsp3) is 0. The van der Waals surface area contributed by atoms with E-state index in [1.165, 1.54) is 0 Å². The molecule has 0 N–H and O–H groups in total. The van der Waals surface area contributed by atoms with Gasteiger partial charge in [-0.15, -0.1) is 0 Å². The molecule has 0 aromatic rings. The zero-order valence-electron chi connectivity index (χ0n) is 0.632. The van der Waals surface area contributed by atoms with E-state index in [9.17, 15) is 0 Å². The average Bonchev–Trinajstić information content (AvgIpc) is 0. The summed E-state index contributed by atoms with van der Waals surface area (Å²) in [7, 11) is 0. The van der Waals surface area contributed by atoms with Gasteiger partial charge in [-0.05, 0) is 11.0 Å². The molecule has 0 aromatic heterocycles. The van der Waals surface area contributed by atoms with Gasteiger partial charge in [-0.25, -0.2) is 0 Å². The summed E-state index contributed by atoms with van der Waals surface area (Å²) in [5.41, 5.74) is 0. The average molecular weight is 363 g/mol. The Morgan fingerprint density at radius 3 is 1.00 bits per heavy atom. The van der Waals surface area contributed by atoms with Gasteiger partial charge in [-0.2, -0.15) is 0 Å². The minimum absolute atomic E-state index is 0. The Bertz CT molecular complexity index is 8.00. The summed E-state index contributed by atoms with van der Waals surface area (Å²) < 4.78 is 0. The monoisotopic (exact) mass is 363 g/mol. The molecule has 0 heterocycles. The van der Waals surface area contributed by atoms with E-state index in [2.05, 4.69) is 0 Å².